The van der Waals surface area contributed by atoms with E-state index in [0.717, 1.165) is 12.4 Å². The highest BCUT2D eigenvalue weighted by molar-refractivity contribution is 5.80. The molecular weight excluding hydrogens is 200 g/mol. The Kier molecular flexibility index (Phi) is 5.60. The van der Waals surface area contributed by atoms with E-state index in [-0.39, 0.29) is 6.17 Å². The Balaban J connectivity index is 2.10. The Morgan fingerprint density at radius 2 is 1.81 bits per heavy atom. The normalized spacial score (nSPS) is 20.5. The van der Waals surface area contributed by atoms with Crippen LogP contribution in [0.4, 0.5) is 0 Å². The molecule has 94 valence electrons. The smallest absolute Gasteiger partial charge is 0.137 e. The van der Waals surface area contributed by atoms with Gasteiger partial charge in [0.1, 0.15) is 12.0 Å². The fourth-order valence-electron chi connectivity index (χ4n) is 2.03. The van der Waals surface area contributed by atoms with Crippen LogP contribution in [0.15, 0.2) is 5.10 Å². The molecule has 0 spiro atoms. The number of unbranched alkanes of at least 4 members (excludes halogenated alkanes) is 5. The first-order valence-corrected chi connectivity index (χ1v) is 6.52. The Morgan fingerprint density at radius 1 is 1.19 bits per heavy atom. The minimum atomic E-state index is 0.218. The third-order valence-electron chi connectivity index (χ3n) is 3.22. The average molecular weight is 226 g/mol. The first kappa shape index (κ1) is 13.3. The molecule has 1 aliphatic heterocycles. The molecule has 0 aromatic heterocycles. The van der Waals surface area contributed by atoms with Crippen molar-refractivity contribution in [2.24, 2.45) is 10.9 Å². The molecule has 1 heterocycles. The van der Waals surface area contributed by atoms with Crippen molar-refractivity contribution in [3.63, 3.8) is 0 Å². The molecular formula is C12H26N4. The van der Waals surface area contributed by atoms with Gasteiger partial charge in [-0.15, -0.1) is 0 Å². The van der Waals surface area contributed by atoms with Crippen molar-refractivity contribution < 1.29 is 0 Å². The number of hydrogen-bond acceptors (Lipinski definition) is 4. The summed E-state index contributed by atoms with van der Waals surface area (Å²) >= 11 is 0. The van der Waals surface area contributed by atoms with Crippen molar-refractivity contribution in [3.8, 4) is 0 Å². The Bertz CT molecular complexity index is 227. The summed E-state index contributed by atoms with van der Waals surface area (Å²) in [6.45, 7) is 7.33. The van der Waals surface area contributed by atoms with Gasteiger partial charge in [-0.1, -0.05) is 39.0 Å². The van der Waals surface area contributed by atoms with E-state index in [4.69, 9.17) is 5.84 Å². The molecule has 0 fully saturated rings. The monoisotopic (exact) mass is 226 g/mol. The van der Waals surface area contributed by atoms with Crippen LogP contribution in [-0.2, 0) is 0 Å². The molecule has 0 bridgehead atoms. The topological polar surface area (TPSA) is 44.9 Å². The molecule has 1 rings (SSSR count). The van der Waals surface area contributed by atoms with E-state index < -0.39 is 0 Å². The molecule has 1 unspecified atom stereocenters. The second kappa shape index (κ2) is 6.74. The molecule has 0 aromatic carbocycles. The summed E-state index contributed by atoms with van der Waals surface area (Å²) in [6.07, 6.45) is 8.15. The Hall–Kier alpha value is -0.770. The number of hydrazone groups is 1. The van der Waals surface area contributed by atoms with Crippen LogP contribution in [-0.4, -0.2) is 28.6 Å². The maximum absolute atomic E-state index is 5.84. The number of hydrazine groups is 1. The van der Waals surface area contributed by atoms with Gasteiger partial charge in [-0.3, -0.25) is 10.0 Å². The predicted molar refractivity (Wildman–Crippen MR) is 68.7 cm³/mol. The maximum Gasteiger partial charge on any atom is 0.137 e. The SMILES string of the molecule is CCCCCCCCN1N=C(C)N(N)C1C. The summed E-state index contributed by atoms with van der Waals surface area (Å²) in [4.78, 5) is 0. The third kappa shape index (κ3) is 3.67. The fraction of sp³-hybridized carbons (Fsp3) is 0.917. The van der Waals surface area contributed by atoms with Crippen molar-refractivity contribution in [3.05, 3.63) is 0 Å². The van der Waals surface area contributed by atoms with Gasteiger partial charge in [0.15, 0.2) is 0 Å². The zero-order valence-corrected chi connectivity index (χ0v) is 10.9. The molecule has 1 atom stereocenters. The fourth-order valence-corrected chi connectivity index (χ4v) is 2.03. The van der Waals surface area contributed by atoms with Crippen LogP contribution in [0.3, 0.4) is 0 Å². The van der Waals surface area contributed by atoms with Crippen molar-refractivity contribution >= 4 is 5.84 Å². The van der Waals surface area contributed by atoms with Crippen LogP contribution >= 0.6 is 0 Å². The average Bonchev–Trinajstić information content (AvgIpc) is 2.51. The zero-order chi connectivity index (χ0) is 12.0. The lowest BCUT2D eigenvalue weighted by Gasteiger charge is -2.24. The first-order chi connectivity index (χ1) is 7.66. The van der Waals surface area contributed by atoms with Crippen LogP contribution in [0, 0.1) is 0 Å². The second-order valence-electron chi connectivity index (χ2n) is 4.62. The van der Waals surface area contributed by atoms with E-state index in [2.05, 4.69) is 24.0 Å². The molecule has 2 N–H and O–H groups in total. The van der Waals surface area contributed by atoms with E-state index in [1.54, 1.807) is 5.01 Å². The number of nitrogens with two attached hydrogens (primary N) is 1. The first-order valence-electron chi connectivity index (χ1n) is 6.52. The molecule has 1 aliphatic rings. The van der Waals surface area contributed by atoms with Crippen LogP contribution in [0.1, 0.15) is 59.3 Å². The van der Waals surface area contributed by atoms with Crippen molar-refractivity contribution in [2.45, 2.75) is 65.5 Å². The molecule has 0 saturated carbocycles. The minimum Gasteiger partial charge on any atom is -0.273 e. The standard InChI is InChI=1S/C12H26N4/c1-4-5-6-7-8-9-10-15-12(3)16(13)11(2)14-15/h12H,4-10,13H2,1-3H3. The summed E-state index contributed by atoms with van der Waals surface area (Å²) in [5.41, 5.74) is 0. The van der Waals surface area contributed by atoms with Crippen LogP contribution in [0.25, 0.3) is 0 Å². The van der Waals surface area contributed by atoms with Gasteiger partial charge in [0, 0.05) is 6.54 Å². The van der Waals surface area contributed by atoms with E-state index in [9.17, 15) is 0 Å². The number of amidine groups is 1. The lowest BCUT2D eigenvalue weighted by atomic mass is 10.1. The maximum atomic E-state index is 5.84. The summed E-state index contributed by atoms with van der Waals surface area (Å²) in [5.74, 6) is 6.76. The molecule has 16 heavy (non-hydrogen) atoms. The Labute approximate surface area is 99.4 Å². The summed E-state index contributed by atoms with van der Waals surface area (Å²) in [6, 6.07) is 0. The van der Waals surface area contributed by atoms with Crippen LogP contribution in [0.5, 0.6) is 0 Å². The van der Waals surface area contributed by atoms with Crippen molar-refractivity contribution in [1.82, 2.24) is 10.0 Å². The van der Waals surface area contributed by atoms with Crippen molar-refractivity contribution in [1.29, 1.82) is 0 Å². The second-order valence-corrected chi connectivity index (χ2v) is 4.62. The molecule has 0 saturated heterocycles. The molecule has 0 amide bonds. The highest BCUT2D eigenvalue weighted by Gasteiger charge is 2.24. The number of nitrogens with zero attached hydrogens (tertiary/aromatic N) is 3. The largest absolute Gasteiger partial charge is 0.273 e. The van der Waals surface area contributed by atoms with E-state index >= 15 is 0 Å². The van der Waals surface area contributed by atoms with Gasteiger partial charge >= 0.3 is 0 Å². The van der Waals surface area contributed by atoms with Crippen molar-refractivity contribution in [2.75, 3.05) is 6.54 Å². The highest BCUT2D eigenvalue weighted by Crippen LogP contribution is 2.14. The summed E-state index contributed by atoms with van der Waals surface area (Å²) in [5, 5.41) is 8.26. The zero-order valence-electron chi connectivity index (χ0n) is 10.9. The molecule has 0 radical (unpaired) electrons. The molecule has 0 aromatic rings. The van der Waals surface area contributed by atoms with Gasteiger partial charge in [-0.25, -0.2) is 5.84 Å². The van der Waals surface area contributed by atoms with E-state index in [1.807, 2.05) is 6.92 Å². The number of rotatable bonds is 7. The Morgan fingerprint density at radius 3 is 2.38 bits per heavy atom. The quantitative estimate of drug-likeness (QED) is 0.536. The lowest BCUT2D eigenvalue weighted by molar-refractivity contribution is 0.144. The van der Waals surface area contributed by atoms with E-state index in [0.29, 0.717) is 0 Å². The molecule has 4 nitrogen and oxygen atoms in total. The summed E-state index contributed by atoms with van der Waals surface area (Å²) < 4.78 is 0. The van der Waals surface area contributed by atoms with Gasteiger partial charge < -0.3 is 0 Å². The van der Waals surface area contributed by atoms with Crippen LogP contribution in [0.2, 0.25) is 0 Å². The summed E-state index contributed by atoms with van der Waals surface area (Å²) in [7, 11) is 0. The molecule has 0 aliphatic carbocycles. The van der Waals surface area contributed by atoms with Gasteiger partial charge in [0.05, 0.1) is 0 Å². The number of hydrogen-bond donors (Lipinski definition) is 1. The van der Waals surface area contributed by atoms with Crippen LogP contribution < -0.4 is 5.84 Å². The van der Waals surface area contributed by atoms with Gasteiger partial charge in [-0.2, -0.15) is 5.10 Å². The predicted octanol–water partition coefficient (Wildman–Crippen LogP) is 2.52. The third-order valence-corrected chi connectivity index (χ3v) is 3.22. The van der Waals surface area contributed by atoms with Gasteiger partial charge in [0.2, 0.25) is 0 Å². The molecule has 4 heteroatoms. The highest BCUT2D eigenvalue weighted by atomic mass is 15.7. The van der Waals surface area contributed by atoms with Gasteiger partial charge in [-0.05, 0) is 20.3 Å². The minimum absolute atomic E-state index is 0.218. The lowest BCUT2D eigenvalue weighted by Crippen LogP contribution is -2.44. The van der Waals surface area contributed by atoms with Gasteiger partial charge in [0.25, 0.3) is 0 Å². The van der Waals surface area contributed by atoms with E-state index in [1.165, 1.54) is 38.5 Å².